The molecule has 3 aromatic rings. The third-order valence-electron chi connectivity index (χ3n) is 3.26. The van der Waals surface area contributed by atoms with Crippen molar-refractivity contribution < 1.29 is 18.5 Å². The van der Waals surface area contributed by atoms with E-state index < -0.39 is 0 Å². The summed E-state index contributed by atoms with van der Waals surface area (Å²) in [4.78, 5) is 16.0. The van der Waals surface area contributed by atoms with E-state index >= 15 is 0 Å². The highest BCUT2D eigenvalue weighted by atomic mass is 16.5. The Morgan fingerprint density at radius 3 is 3.04 bits per heavy atom. The largest absolute Gasteiger partial charge is 0.467 e. The third kappa shape index (κ3) is 4.30. The molecule has 7 heteroatoms. The van der Waals surface area contributed by atoms with Gasteiger partial charge in [-0.25, -0.2) is 0 Å². The average Bonchev–Trinajstić information content (AvgIpc) is 3.30. The SMILES string of the molecule is O=C(NCCCOCc1ccco1)c1cc(-c2cccnc2)on1. The Balaban J connectivity index is 1.38. The number of ether oxygens (including phenoxy) is 1. The van der Waals surface area contributed by atoms with Gasteiger partial charge in [-0.3, -0.25) is 9.78 Å². The minimum atomic E-state index is -0.278. The van der Waals surface area contributed by atoms with E-state index in [2.05, 4.69) is 15.5 Å². The number of carbonyl (C=O) groups excluding carboxylic acids is 1. The summed E-state index contributed by atoms with van der Waals surface area (Å²) in [5, 5.41) is 6.56. The summed E-state index contributed by atoms with van der Waals surface area (Å²) in [5.41, 5.74) is 1.01. The zero-order valence-corrected chi connectivity index (χ0v) is 13.0. The van der Waals surface area contributed by atoms with Crippen LogP contribution in [-0.2, 0) is 11.3 Å². The first-order chi connectivity index (χ1) is 11.8. The number of nitrogens with one attached hydrogen (secondary N) is 1. The van der Waals surface area contributed by atoms with Crippen LogP contribution in [0.2, 0.25) is 0 Å². The predicted octanol–water partition coefficient (Wildman–Crippen LogP) is 2.67. The maximum absolute atomic E-state index is 12.0. The monoisotopic (exact) mass is 327 g/mol. The number of amides is 1. The minimum absolute atomic E-state index is 0.241. The minimum Gasteiger partial charge on any atom is -0.467 e. The zero-order chi connectivity index (χ0) is 16.6. The summed E-state index contributed by atoms with van der Waals surface area (Å²) in [6, 6.07) is 8.90. The summed E-state index contributed by atoms with van der Waals surface area (Å²) in [6.45, 7) is 1.45. The van der Waals surface area contributed by atoms with E-state index in [0.717, 1.165) is 11.3 Å². The van der Waals surface area contributed by atoms with Crippen LogP contribution in [0.3, 0.4) is 0 Å². The molecule has 3 heterocycles. The molecular formula is C17H17N3O4. The second-order valence-electron chi connectivity index (χ2n) is 5.06. The third-order valence-corrected chi connectivity index (χ3v) is 3.26. The van der Waals surface area contributed by atoms with Gasteiger partial charge in [-0.1, -0.05) is 5.16 Å². The highest BCUT2D eigenvalue weighted by Crippen LogP contribution is 2.18. The van der Waals surface area contributed by atoms with E-state index in [1.807, 2.05) is 18.2 Å². The first-order valence-corrected chi connectivity index (χ1v) is 7.58. The van der Waals surface area contributed by atoms with Crippen LogP contribution in [0.25, 0.3) is 11.3 Å². The van der Waals surface area contributed by atoms with Crippen LogP contribution in [0, 0.1) is 0 Å². The van der Waals surface area contributed by atoms with Crippen LogP contribution in [0.4, 0.5) is 0 Å². The lowest BCUT2D eigenvalue weighted by molar-refractivity contribution is 0.0910. The van der Waals surface area contributed by atoms with Crippen molar-refractivity contribution >= 4 is 5.91 Å². The zero-order valence-electron chi connectivity index (χ0n) is 13.0. The molecule has 0 aliphatic heterocycles. The van der Waals surface area contributed by atoms with Crippen molar-refractivity contribution in [3.63, 3.8) is 0 Å². The topological polar surface area (TPSA) is 90.4 Å². The van der Waals surface area contributed by atoms with Gasteiger partial charge >= 0.3 is 0 Å². The fraction of sp³-hybridized carbons (Fsp3) is 0.235. The smallest absolute Gasteiger partial charge is 0.273 e. The van der Waals surface area contributed by atoms with Crippen LogP contribution in [0.1, 0.15) is 22.7 Å². The van der Waals surface area contributed by atoms with E-state index in [1.165, 1.54) is 0 Å². The van der Waals surface area contributed by atoms with Gasteiger partial charge in [0.1, 0.15) is 12.4 Å². The van der Waals surface area contributed by atoms with Gasteiger partial charge in [-0.05, 0) is 30.7 Å². The quantitative estimate of drug-likeness (QED) is 0.640. The van der Waals surface area contributed by atoms with E-state index in [4.69, 9.17) is 13.7 Å². The van der Waals surface area contributed by atoms with Crippen LogP contribution < -0.4 is 5.32 Å². The van der Waals surface area contributed by atoms with Crippen molar-refractivity contribution in [2.75, 3.05) is 13.2 Å². The van der Waals surface area contributed by atoms with Crippen LogP contribution >= 0.6 is 0 Å². The van der Waals surface area contributed by atoms with Gasteiger partial charge in [0.05, 0.1) is 6.26 Å². The molecule has 3 rings (SSSR count). The van der Waals surface area contributed by atoms with Crippen molar-refractivity contribution in [1.29, 1.82) is 0 Å². The Morgan fingerprint density at radius 2 is 2.25 bits per heavy atom. The lowest BCUT2D eigenvalue weighted by Crippen LogP contribution is -2.25. The second-order valence-corrected chi connectivity index (χ2v) is 5.06. The van der Waals surface area contributed by atoms with E-state index in [0.29, 0.717) is 31.9 Å². The molecule has 1 amide bonds. The number of pyridine rings is 1. The maximum atomic E-state index is 12.0. The normalized spacial score (nSPS) is 10.7. The molecule has 0 radical (unpaired) electrons. The molecular weight excluding hydrogens is 310 g/mol. The van der Waals surface area contributed by atoms with Gasteiger partial charge in [0.25, 0.3) is 5.91 Å². The van der Waals surface area contributed by atoms with Crippen molar-refractivity contribution in [2.24, 2.45) is 0 Å². The van der Waals surface area contributed by atoms with Gasteiger partial charge in [0.2, 0.25) is 0 Å². The molecule has 0 aliphatic rings. The van der Waals surface area contributed by atoms with Gasteiger partial charge in [-0.2, -0.15) is 0 Å². The second kappa shape index (κ2) is 8.07. The number of rotatable bonds is 8. The van der Waals surface area contributed by atoms with Crippen molar-refractivity contribution in [3.05, 3.63) is 60.4 Å². The summed E-state index contributed by atoms with van der Waals surface area (Å²) in [5.74, 6) is 1.01. The van der Waals surface area contributed by atoms with E-state index in [9.17, 15) is 4.79 Å². The number of nitrogens with zero attached hydrogens (tertiary/aromatic N) is 2. The predicted molar refractivity (Wildman–Crippen MR) is 85.0 cm³/mol. The van der Waals surface area contributed by atoms with Gasteiger partial charge in [-0.15, -0.1) is 0 Å². The number of aromatic nitrogens is 2. The van der Waals surface area contributed by atoms with E-state index in [1.54, 1.807) is 30.8 Å². The van der Waals surface area contributed by atoms with Gasteiger partial charge in [0.15, 0.2) is 11.5 Å². The Labute approximate surface area is 138 Å². The molecule has 24 heavy (non-hydrogen) atoms. The van der Waals surface area contributed by atoms with Crippen molar-refractivity contribution in [3.8, 4) is 11.3 Å². The standard InChI is InChI=1S/C17H17N3O4/c21-17(19-7-3-8-22-12-14-5-2-9-23-14)15-10-16(24-20-15)13-4-1-6-18-11-13/h1-2,4-6,9-11H,3,7-8,12H2,(H,19,21). The molecule has 0 aromatic carbocycles. The number of hydrogen-bond donors (Lipinski definition) is 1. The van der Waals surface area contributed by atoms with Crippen LogP contribution in [-0.4, -0.2) is 29.2 Å². The highest BCUT2D eigenvalue weighted by Gasteiger charge is 2.13. The molecule has 3 aromatic heterocycles. The molecule has 0 spiro atoms. The highest BCUT2D eigenvalue weighted by molar-refractivity contribution is 5.93. The first-order valence-electron chi connectivity index (χ1n) is 7.58. The summed E-state index contributed by atoms with van der Waals surface area (Å²) in [6.07, 6.45) is 5.62. The average molecular weight is 327 g/mol. The lowest BCUT2D eigenvalue weighted by Gasteiger charge is -2.03. The van der Waals surface area contributed by atoms with Crippen molar-refractivity contribution in [2.45, 2.75) is 13.0 Å². The molecule has 0 bridgehead atoms. The Morgan fingerprint density at radius 1 is 1.29 bits per heavy atom. The molecule has 0 atom stereocenters. The molecule has 0 unspecified atom stereocenters. The molecule has 7 nitrogen and oxygen atoms in total. The molecule has 1 N–H and O–H groups in total. The molecule has 0 aliphatic carbocycles. The summed E-state index contributed by atoms with van der Waals surface area (Å²) < 4.78 is 15.8. The van der Waals surface area contributed by atoms with Crippen LogP contribution in [0.5, 0.6) is 0 Å². The molecule has 0 fully saturated rings. The molecule has 0 saturated heterocycles. The molecule has 0 saturated carbocycles. The number of hydrogen-bond acceptors (Lipinski definition) is 6. The Bertz CT molecular complexity index is 753. The number of furan rings is 1. The maximum Gasteiger partial charge on any atom is 0.273 e. The summed E-state index contributed by atoms with van der Waals surface area (Å²) >= 11 is 0. The summed E-state index contributed by atoms with van der Waals surface area (Å²) in [7, 11) is 0. The van der Waals surface area contributed by atoms with Gasteiger partial charge < -0.3 is 19.0 Å². The fourth-order valence-electron chi connectivity index (χ4n) is 2.06. The van der Waals surface area contributed by atoms with Gasteiger partial charge in [0, 0.05) is 37.2 Å². The Hall–Kier alpha value is -2.93. The lowest BCUT2D eigenvalue weighted by atomic mass is 10.2. The molecule has 124 valence electrons. The first kappa shape index (κ1) is 15.9. The fourth-order valence-corrected chi connectivity index (χ4v) is 2.06. The van der Waals surface area contributed by atoms with Crippen LogP contribution in [0.15, 0.2) is 57.9 Å². The Kier molecular flexibility index (Phi) is 5.36. The van der Waals surface area contributed by atoms with E-state index in [-0.39, 0.29) is 11.6 Å². The number of carbonyl (C=O) groups is 1. The van der Waals surface area contributed by atoms with Crippen molar-refractivity contribution in [1.82, 2.24) is 15.5 Å².